The Morgan fingerprint density at radius 1 is 1.33 bits per heavy atom. The lowest BCUT2D eigenvalue weighted by Gasteiger charge is -2.07. The Labute approximate surface area is 71.1 Å². The van der Waals surface area contributed by atoms with Crippen LogP contribution in [0.3, 0.4) is 0 Å². The molecule has 4 nitrogen and oxygen atoms in total. The van der Waals surface area contributed by atoms with Crippen LogP contribution in [-0.4, -0.2) is 19.1 Å². The van der Waals surface area contributed by atoms with E-state index in [4.69, 9.17) is 15.4 Å². The molecule has 0 atom stereocenters. The summed E-state index contributed by atoms with van der Waals surface area (Å²) in [7, 11) is -1.29. The molecule has 0 unspecified atom stereocenters. The number of benzene rings is 1. The van der Waals surface area contributed by atoms with Gasteiger partial charge in [-0.3, -0.25) is 0 Å². The van der Waals surface area contributed by atoms with Crippen molar-refractivity contribution >= 4 is 7.32 Å². The second-order valence-corrected chi connectivity index (χ2v) is 2.07. The minimum absolute atomic E-state index is 0.0754. The molecule has 0 aliphatic rings. The summed E-state index contributed by atoms with van der Waals surface area (Å²) in [4.78, 5) is 0. The lowest BCUT2D eigenvalue weighted by molar-refractivity contribution is 0.199. The largest absolute Gasteiger partial charge is 0.711 e. The molecule has 1 rings (SSSR count). The predicted molar refractivity (Wildman–Crippen MR) is 45.2 cm³/mol. The molecule has 0 fully saturated rings. The Kier molecular flexibility index (Phi) is 3.60. The third kappa shape index (κ3) is 2.92. The van der Waals surface area contributed by atoms with E-state index in [1.165, 1.54) is 0 Å². The predicted octanol–water partition coefficient (Wildman–Crippen LogP) is -0.0246. The van der Waals surface area contributed by atoms with Crippen LogP contribution in [0.1, 0.15) is 0 Å². The van der Waals surface area contributed by atoms with Crippen molar-refractivity contribution in [2.75, 3.05) is 6.73 Å². The maximum Gasteiger partial charge on any atom is 0.711 e. The molecule has 1 aromatic carbocycles. The van der Waals surface area contributed by atoms with E-state index in [0.717, 1.165) is 0 Å². The summed E-state index contributed by atoms with van der Waals surface area (Å²) >= 11 is 0. The molecule has 0 saturated carbocycles. The van der Waals surface area contributed by atoms with Crippen LogP contribution in [0.2, 0.25) is 0 Å². The lowest BCUT2D eigenvalue weighted by Crippen LogP contribution is -2.28. The molecule has 0 heterocycles. The van der Waals surface area contributed by atoms with E-state index >= 15 is 0 Å². The second-order valence-electron chi connectivity index (χ2n) is 2.07. The molecule has 0 bridgehead atoms. The average Bonchev–Trinajstić information content (AvgIpc) is 2.06. The fraction of sp³-hybridized carbons (Fsp3) is 0.143. The average molecular weight is 167 g/mol. The van der Waals surface area contributed by atoms with E-state index in [9.17, 15) is 0 Å². The lowest BCUT2D eigenvalue weighted by atomic mass is 10.2. The molecule has 0 aromatic heterocycles. The number of hydrogen-bond acceptors (Lipinski definition) is 4. The van der Waals surface area contributed by atoms with Crippen LogP contribution in [0.25, 0.3) is 0 Å². The van der Waals surface area contributed by atoms with E-state index in [-0.39, 0.29) is 6.73 Å². The van der Waals surface area contributed by atoms with E-state index in [1.807, 2.05) is 6.07 Å². The zero-order chi connectivity index (χ0) is 8.81. The highest BCUT2D eigenvalue weighted by atomic mass is 16.7. The molecule has 0 aliphatic carbocycles. The van der Waals surface area contributed by atoms with Crippen molar-refractivity contribution in [1.82, 2.24) is 0 Å². The molecule has 0 radical (unpaired) electrons. The highest BCUT2D eigenvalue weighted by Crippen LogP contribution is 2.08. The Morgan fingerprint density at radius 3 is 2.58 bits per heavy atom. The Hall–Kier alpha value is -1.04. The number of nitrogens with two attached hydrogens (primary N) is 1. The summed E-state index contributed by atoms with van der Waals surface area (Å²) in [5, 5.41) is 8.98. The van der Waals surface area contributed by atoms with Crippen molar-refractivity contribution in [1.29, 1.82) is 0 Å². The van der Waals surface area contributed by atoms with Gasteiger partial charge in [0.2, 0.25) is 0 Å². The highest BCUT2D eigenvalue weighted by Gasteiger charge is 2.16. The maximum atomic E-state index is 8.98. The molecule has 0 spiro atoms. The zero-order valence-corrected chi connectivity index (χ0v) is 6.51. The monoisotopic (exact) mass is 167 g/mol. The van der Waals surface area contributed by atoms with Crippen LogP contribution in [0.4, 0.5) is 0 Å². The highest BCUT2D eigenvalue weighted by molar-refractivity contribution is 6.35. The normalized spacial score (nSPS) is 9.50. The van der Waals surface area contributed by atoms with Gasteiger partial charge in [0.1, 0.15) is 5.75 Å². The van der Waals surface area contributed by atoms with Gasteiger partial charge in [0.15, 0.2) is 0 Å². The van der Waals surface area contributed by atoms with Crippen molar-refractivity contribution in [3.8, 4) is 5.75 Å². The minimum Gasteiger partial charge on any atom is -0.512 e. The van der Waals surface area contributed by atoms with E-state index in [1.54, 1.807) is 24.3 Å². The third-order valence-electron chi connectivity index (χ3n) is 1.22. The topological polar surface area (TPSA) is 64.7 Å². The van der Waals surface area contributed by atoms with Gasteiger partial charge in [-0.15, -0.1) is 0 Å². The summed E-state index contributed by atoms with van der Waals surface area (Å²) < 4.78 is 9.46. The third-order valence-corrected chi connectivity index (χ3v) is 1.22. The van der Waals surface area contributed by atoms with Crippen molar-refractivity contribution in [3.05, 3.63) is 30.3 Å². The Morgan fingerprint density at radius 2 is 2.00 bits per heavy atom. The van der Waals surface area contributed by atoms with Gasteiger partial charge in [0, 0.05) is 0 Å². The number of para-hydroxylation sites is 1. The molecule has 12 heavy (non-hydrogen) atoms. The van der Waals surface area contributed by atoms with Gasteiger partial charge < -0.3 is 20.1 Å². The van der Waals surface area contributed by atoms with Crippen LogP contribution in [0.15, 0.2) is 30.3 Å². The zero-order valence-electron chi connectivity index (χ0n) is 6.51. The van der Waals surface area contributed by atoms with Crippen molar-refractivity contribution in [3.63, 3.8) is 0 Å². The summed E-state index contributed by atoms with van der Waals surface area (Å²) in [5.74, 6) is 0.540. The molecule has 5 heteroatoms. The van der Waals surface area contributed by atoms with Gasteiger partial charge in [0.05, 0.1) is 6.73 Å². The van der Waals surface area contributed by atoms with Crippen molar-refractivity contribution < 1.29 is 14.3 Å². The van der Waals surface area contributed by atoms with Gasteiger partial charge >= 0.3 is 7.32 Å². The quantitative estimate of drug-likeness (QED) is 0.488. The van der Waals surface area contributed by atoms with Gasteiger partial charge in [-0.1, -0.05) is 18.2 Å². The summed E-state index contributed by atoms with van der Waals surface area (Å²) in [6.45, 7) is -0.0754. The maximum absolute atomic E-state index is 8.98. The molecule has 3 N–H and O–H groups in total. The van der Waals surface area contributed by atoms with Crippen LogP contribution >= 0.6 is 0 Å². The summed E-state index contributed by atoms with van der Waals surface area (Å²) in [6, 6.07) is 8.87. The van der Waals surface area contributed by atoms with Crippen molar-refractivity contribution in [2.45, 2.75) is 0 Å². The summed E-state index contributed by atoms with van der Waals surface area (Å²) in [5.41, 5.74) is 5.02. The standard InChI is InChI=1S/C7H10BNO3/c9-6-11-8(10)12-7-4-2-1-3-5-7/h1-5,10H,6,9H2. The Bertz CT molecular complexity index is 219. The van der Waals surface area contributed by atoms with Crippen molar-refractivity contribution in [2.24, 2.45) is 5.73 Å². The molecule has 1 aromatic rings. The van der Waals surface area contributed by atoms with Gasteiger partial charge in [-0.25, -0.2) is 0 Å². The first-order valence-corrected chi connectivity index (χ1v) is 3.54. The molecular formula is C7H10BNO3. The molecule has 64 valence electrons. The van der Waals surface area contributed by atoms with Crippen LogP contribution in [0.5, 0.6) is 5.75 Å². The van der Waals surface area contributed by atoms with E-state index < -0.39 is 7.32 Å². The summed E-state index contributed by atoms with van der Waals surface area (Å²) in [6.07, 6.45) is 0. The SMILES string of the molecule is NCOB(O)Oc1ccccc1. The van der Waals surface area contributed by atoms with Gasteiger partial charge in [0.25, 0.3) is 0 Å². The van der Waals surface area contributed by atoms with Crippen LogP contribution in [-0.2, 0) is 4.65 Å². The van der Waals surface area contributed by atoms with Gasteiger partial charge in [-0.05, 0) is 12.1 Å². The fourth-order valence-corrected chi connectivity index (χ4v) is 0.732. The fourth-order valence-electron chi connectivity index (χ4n) is 0.732. The first-order valence-electron chi connectivity index (χ1n) is 3.54. The molecule has 0 saturated heterocycles. The van der Waals surface area contributed by atoms with Crippen LogP contribution < -0.4 is 10.4 Å². The van der Waals surface area contributed by atoms with E-state index in [0.29, 0.717) is 5.75 Å². The minimum atomic E-state index is -1.29. The second kappa shape index (κ2) is 4.76. The number of hydrogen-bond donors (Lipinski definition) is 2. The first kappa shape index (κ1) is 9.06. The number of rotatable bonds is 4. The molecule has 0 amide bonds. The first-order chi connectivity index (χ1) is 5.83. The smallest absolute Gasteiger partial charge is 0.512 e. The van der Waals surface area contributed by atoms with Crippen LogP contribution in [0, 0.1) is 0 Å². The molecular weight excluding hydrogens is 157 g/mol. The molecule has 0 aliphatic heterocycles. The van der Waals surface area contributed by atoms with Gasteiger partial charge in [-0.2, -0.15) is 0 Å². The Balaban J connectivity index is 2.41. The van der Waals surface area contributed by atoms with E-state index in [2.05, 4.69) is 4.65 Å².